The standard InChI is InChI=1S/C21H16N2O2/c24-19-9-7-17-16(14-10-12-22-13-11-14)6-8-18(20(17)19)23-21(25)15-4-2-1-3-5-15/h1-6,8,10-13H,7,9H2,(H,23,25). The Morgan fingerprint density at radius 2 is 1.68 bits per heavy atom. The number of pyridine rings is 1. The average Bonchev–Trinajstić information content (AvgIpc) is 3.06. The number of benzene rings is 2. The predicted octanol–water partition coefficient (Wildman–Crippen LogP) is 4.13. The highest BCUT2D eigenvalue weighted by atomic mass is 16.1. The summed E-state index contributed by atoms with van der Waals surface area (Å²) in [4.78, 5) is 28.9. The molecule has 0 saturated heterocycles. The van der Waals surface area contributed by atoms with Gasteiger partial charge >= 0.3 is 0 Å². The van der Waals surface area contributed by atoms with Gasteiger partial charge in [0.05, 0.1) is 5.69 Å². The molecule has 4 rings (SSSR count). The predicted molar refractivity (Wildman–Crippen MR) is 96.7 cm³/mol. The maximum absolute atomic E-state index is 12.4. The molecule has 2 aromatic carbocycles. The number of aromatic nitrogens is 1. The molecule has 0 fully saturated rings. The minimum absolute atomic E-state index is 0.0780. The Bertz CT molecular complexity index is 950. The number of Topliss-reactive ketones (excluding diaryl/α,β-unsaturated/α-hetero) is 1. The molecule has 3 aromatic rings. The first-order valence-corrected chi connectivity index (χ1v) is 8.20. The van der Waals surface area contributed by atoms with E-state index in [0.29, 0.717) is 29.7 Å². The zero-order valence-corrected chi connectivity index (χ0v) is 13.5. The highest BCUT2D eigenvalue weighted by molar-refractivity contribution is 6.12. The van der Waals surface area contributed by atoms with Crippen molar-refractivity contribution in [1.29, 1.82) is 0 Å². The Hall–Kier alpha value is -3.27. The summed E-state index contributed by atoms with van der Waals surface area (Å²) in [7, 11) is 0. The molecule has 0 atom stereocenters. The number of rotatable bonds is 3. The maximum Gasteiger partial charge on any atom is 0.255 e. The summed E-state index contributed by atoms with van der Waals surface area (Å²) in [6.07, 6.45) is 4.65. The number of fused-ring (bicyclic) bond motifs is 1. The fourth-order valence-electron chi connectivity index (χ4n) is 3.28. The van der Waals surface area contributed by atoms with Crippen LogP contribution in [0.2, 0.25) is 0 Å². The van der Waals surface area contributed by atoms with E-state index in [1.807, 2.05) is 42.5 Å². The number of nitrogens with one attached hydrogen (secondary N) is 1. The first-order chi connectivity index (χ1) is 12.2. The Balaban J connectivity index is 1.74. The summed E-state index contributed by atoms with van der Waals surface area (Å²) in [5.41, 5.74) is 4.85. The number of amides is 1. The number of carbonyl (C=O) groups is 2. The van der Waals surface area contributed by atoms with Crippen LogP contribution in [0, 0.1) is 0 Å². The van der Waals surface area contributed by atoms with Gasteiger partial charge in [0, 0.05) is 29.9 Å². The third-order valence-electron chi connectivity index (χ3n) is 4.47. The van der Waals surface area contributed by atoms with Gasteiger partial charge in [0.2, 0.25) is 0 Å². The second-order valence-corrected chi connectivity index (χ2v) is 5.99. The van der Waals surface area contributed by atoms with E-state index < -0.39 is 0 Å². The average molecular weight is 328 g/mol. The molecular weight excluding hydrogens is 312 g/mol. The highest BCUT2D eigenvalue weighted by Gasteiger charge is 2.27. The van der Waals surface area contributed by atoms with E-state index in [9.17, 15) is 9.59 Å². The van der Waals surface area contributed by atoms with Gasteiger partial charge in [-0.1, -0.05) is 24.3 Å². The SMILES string of the molecule is O=C(Nc1ccc(-c2ccncc2)c2c1C(=O)CC2)c1ccccc1. The third-order valence-corrected chi connectivity index (χ3v) is 4.47. The number of anilines is 1. The molecule has 0 unspecified atom stereocenters. The smallest absolute Gasteiger partial charge is 0.255 e. The maximum atomic E-state index is 12.4. The van der Waals surface area contributed by atoms with Crippen molar-refractivity contribution in [1.82, 2.24) is 4.98 Å². The highest BCUT2D eigenvalue weighted by Crippen LogP contribution is 2.36. The van der Waals surface area contributed by atoms with Crippen LogP contribution >= 0.6 is 0 Å². The van der Waals surface area contributed by atoms with E-state index in [4.69, 9.17) is 0 Å². The van der Waals surface area contributed by atoms with Crippen LogP contribution in [-0.4, -0.2) is 16.7 Å². The summed E-state index contributed by atoms with van der Waals surface area (Å²) < 4.78 is 0. The third kappa shape index (κ3) is 2.83. The number of carbonyl (C=O) groups excluding carboxylic acids is 2. The van der Waals surface area contributed by atoms with Crippen molar-refractivity contribution in [2.45, 2.75) is 12.8 Å². The Labute approximate surface area is 145 Å². The van der Waals surface area contributed by atoms with Gasteiger partial charge in [0.15, 0.2) is 5.78 Å². The Kier molecular flexibility index (Phi) is 3.86. The largest absolute Gasteiger partial charge is 0.321 e. The summed E-state index contributed by atoms with van der Waals surface area (Å²) in [6, 6.07) is 16.6. The zero-order chi connectivity index (χ0) is 17.2. The molecule has 0 saturated carbocycles. The fourth-order valence-corrected chi connectivity index (χ4v) is 3.28. The molecule has 122 valence electrons. The summed E-state index contributed by atoms with van der Waals surface area (Å²) in [5, 5.41) is 2.90. The first-order valence-electron chi connectivity index (χ1n) is 8.20. The molecule has 0 bridgehead atoms. The van der Waals surface area contributed by atoms with Crippen molar-refractivity contribution in [2.24, 2.45) is 0 Å². The molecule has 1 aliphatic carbocycles. The van der Waals surface area contributed by atoms with Crippen molar-refractivity contribution in [3.63, 3.8) is 0 Å². The number of ketones is 1. The minimum atomic E-state index is -0.209. The lowest BCUT2D eigenvalue weighted by molar-refractivity contribution is 0.0995. The molecule has 4 nitrogen and oxygen atoms in total. The number of hydrogen-bond donors (Lipinski definition) is 1. The van der Waals surface area contributed by atoms with E-state index in [2.05, 4.69) is 10.3 Å². The molecule has 0 radical (unpaired) electrons. The van der Waals surface area contributed by atoms with E-state index in [-0.39, 0.29) is 11.7 Å². The van der Waals surface area contributed by atoms with Crippen molar-refractivity contribution >= 4 is 17.4 Å². The van der Waals surface area contributed by atoms with E-state index in [0.717, 1.165) is 16.7 Å². The second kappa shape index (κ2) is 6.32. The van der Waals surface area contributed by atoms with Crippen LogP contribution in [0.25, 0.3) is 11.1 Å². The Morgan fingerprint density at radius 3 is 2.44 bits per heavy atom. The topological polar surface area (TPSA) is 59.1 Å². The molecule has 1 amide bonds. The lowest BCUT2D eigenvalue weighted by atomic mass is 9.96. The van der Waals surface area contributed by atoms with Gasteiger partial charge in [0.25, 0.3) is 5.91 Å². The second-order valence-electron chi connectivity index (χ2n) is 5.99. The molecule has 1 aliphatic rings. The zero-order valence-electron chi connectivity index (χ0n) is 13.5. The fraction of sp³-hybridized carbons (Fsp3) is 0.0952. The van der Waals surface area contributed by atoms with Gasteiger partial charge in [-0.3, -0.25) is 14.6 Å². The lowest BCUT2D eigenvalue weighted by Gasteiger charge is -2.13. The van der Waals surface area contributed by atoms with Crippen LogP contribution < -0.4 is 5.32 Å². The number of nitrogens with zero attached hydrogens (tertiary/aromatic N) is 1. The minimum Gasteiger partial charge on any atom is -0.321 e. The van der Waals surface area contributed by atoms with Gasteiger partial charge in [0.1, 0.15) is 0 Å². The van der Waals surface area contributed by atoms with Crippen LogP contribution in [-0.2, 0) is 6.42 Å². The van der Waals surface area contributed by atoms with Crippen LogP contribution in [0.1, 0.15) is 32.7 Å². The molecule has 1 aromatic heterocycles. The summed E-state index contributed by atoms with van der Waals surface area (Å²) in [6.45, 7) is 0. The van der Waals surface area contributed by atoms with Gasteiger partial charge in [-0.25, -0.2) is 0 Å². The monoisotopic (exact) mass is 328 g/mol. The molecule has 25 heavy (non-hydrogen) atoms. The van der Waals surface area contributed by atoms with Gasteiger partial charge in [-0.05, 0) is 53.4 Å². The molecule has 1 heterocycles. The lowest BCUT2D eigenvalue weighted by Crippen LogP contribution is -2.14. The van der Waals surface area contributed by atoms with Gasteiger partial charge in [-0.15, -0.1) is 0 Å². The van der Waals surface area contributed by atoms with Gasteiger partial charge < -0.3 is 5.32 Å². The van der Waals surface area contributed by atoms with Crippen molar-refractivity contribution < 1.29 is 9.59 Å². The molecule has 0 aliphatic heterocycles. The van der Waals surface area contributed by atoms with Crippen LogP contribution in [0.4, 0.5) is 5.69 Å². The van der Waals surface area contributed by atoms with Crippen LogP contribution in [0.3, 0.4) is 0 Å². The van der Waals surface area contributed by atoms with E-state index in [1.165, 1.54) is 0 Å². The van der Waals surface area contributed by atoms with E-state index in [1.54, 1.807) is 24.5 Å². The summed E-state index contributed by atoms with van der Waals surface area (Å²) in [5.74, 6) is -0.131. The van der Waals surface area contributed by atoms with Crippen molar-refractivity contribution in [3.8, 4) is 11.1 Å². The quantitative estimate of drug-likeness (QED) is 0.786. The van der Waals surface area contributed by atoms with Crippen molar-refractivity contribution in [3.05, 3.63) is 83.7 Å². The molecular formula is C21H16N2O2. The van der Waals surface area contributed by atoms with Crippen molar-refractivity contribution in [2.75, 3.05) is 5.32 Å². The molecule has 0 spiro atoms. The first kappa shape index (κ1) is 15.3. The Morgan fingerprint density at radius 1 is 0.920 bits per heavy atom. The number of hydrogen-bond acceptors (Lipinski definition) is 3. The molecule has 1 N–H and O–H groups in total. The molecule has 4 heteroatoms. The summed E-state index contributed by atoms with van der Waals surface area (Å²) >= 11 is 0. The van der Waals surface area contributed by atoms with E-state index >= 15 is 0 Å². The van der Waals surface area contributed by atoms with Crippen LogP contribution in [0.5, 0.6) is 0 Å². The van der Waals surface area contributed by atoms with Gasteiger partial charge in [-0.2, -0.15) is 0 Å². The normalized spacial score (nSPS) is 12.7. The van der Waals surface area contributed by atoms with Crippen LogP contribution in [0.15, 0.2) is 67.0 Å².